The molecule has 0 aromatic heterocycles. The van der Waals surface area contributed by atoms with Crippen LogP contribution in [0, 0.1) is 13.8 Å². The predicted octanol–water partition coefficient (Wildman–Crippen LogP) is 4.80. The lowest BCUT2D eigenvalue weighted by Gasteiger charge is -2.14. The number of rotatable bonds is 5. The molecule has 0 spiro atoms. The lowest BCUT2D eigenvalue weighted by atomic mass is 10.1. The minimum atomic E-state index is -0.218. The Hall–Kier alpha value is -1.72. The normalized spacial score (nSPS) is 10.4. The number of benzene rings is 2. The van der Waals surface area contributed by atoms with Crippen molar-refractivity contribution in [3.05, 3.63) is 51.0 Å². The highest BCUT2D eigenvalue weighted by Gasteiger charge is 2.12. The number of carbonyl (C=O) groups is 1. The number of halogens is 2. The van der Waals surface area contributed by atoms with E-state index in [1.165, 1.54) is 0 Å². The molecule has 0 bridgehead atoms. The van der Waals surface area contributed by atoms with E-state index in [0.717, 1.165) is 27.0 Å². The van der Waals surface area contributed by atoms with Gasteiger partial charge in [-0.1, -0.05) is 11.6 Å². The Labute approximate surface area is 155 Å². The molecule has 128 valence electrons. The van der Waals surface area contributed by atoms with Gasteiger partial charge in [0.15, 0.2) is 6.61 Å². The number of anilines is 2. The second-order valence-corrected chi connectivity index (χ2v) is 6.89. The number of ether oxygens (including phenoxy) is 1. The molecule has 4 nitrogen and oxygen atoms in total. The van der Waals surface area contributed by atoms with Crippen molar-refractivity contribution in [2.75, 3.05) is 30.9 Å². The number of nitrogens with one attached hydrogen (secondary N) is 1. The van der Waals surface area contributed by atoms with E-state index in [-0.39, 0.29) is 12.5 Å². The molecule has 0 aliphatic carbocycles. The summed E-state index contributed by atoms with van der Waals surface area (Å²) in [6.07, 6.45) is 0. The van der Waals surface area contributed by atoms with Crippen LogP contribution in [0.4, 0.5) is 11.4 Å². The van der Waals surface area contributed by atoms with E-state index in [1.54, 1.807) is 0 Å². The van der Waals surface area contributed by atoms with Crippen molar-refractivity contribution in [3.8, 4) is 5.75 Å². The van der Waals surface area contributed by atoms with Gasteiger partial charge in [0.1, 0.15) is 5.75 Å². The maximum Gasteiger partial charge on any atom is 0.262 e. The van der Waals surface area contributed by atoms with E-state index in [9.17, 15) is 4.79 Å². The third-order valence-electron chi connectivity index (χ3n) is 3.59. The molecule has 0 saturated carbocycles. The molecule has 0 atom stereocenters. The standard InChI is InChI=1S/C18H20BrClN2O2/c1-11-9-15(17(19)12(2)18(11)20)24-10-16(23)21-13-5-7-14(8-6-13)22(3)4/h5-9H,10H2,1-4H3,(H,21,23). The second-order valence-electron chi connectivity index (χ2n) is 5.72. The van der Waals surface area contributed by atoms with Gasteiger partial charge in [-0.05, 0) is 71.2 Å². The largest absolute Gasteiger partial charge is 0.483 e. The number of carbonyl (C=O) groups excluding carboxylic acids is 1. The monoisotopic (exact) mass is 410 g/mol. The molecule has 2 aromatic carbocycles. The molecule has 0 unspecified atom stereocenters. The van der Waals surface area contributed by atoms with Crippen LogP contribution in [0.25, 0.3) is 0 Å². The molecular formula is C18H20BrClN2O2. The van der Waals surface area contributed by atoms with E-state index in [4.69, 9.17) is 16.3 Å². The molecule has 24 heavy (non-hydrogen) atoms. The van der Waals surface area contributed by atoms with Gasteiger partial charge in [-0.2, -0.15) is 0 Å². The van der Waals surface area contributed by atoms with Crippen molar-refractivity contribution in [3.63, 3.8) is 0 Å². The fraction of sp³-hybridized carbons (Fsp3) is 0.278. The number of amides is 1. The van der Waals surface area contributed by atoms with Crippen LogP contribution >= 0.6 is 27.5 Å². The van der Waals surface area contributed by atoms with Gasteiger partial charge < -0.3 is 15.0 Å². The average molecular weight is 412 g/mol. The van der Waals surface area contributed by atoms with Gasteiger partial charge in [0.2, 0.25) is 0 Å². The van der Waals surface area contributed by atoms with E-state index in [0.29, 0.717) is 10.8 Å². The van der Waals surface area contributed by atoms with Gasteiger partial charge in [0.05, 0.1) is 4.47 Å². The Balaban J connectivity index is 1.99. The zero-order valence-corrected chi connectivity index (χ0v) is 16.5. The van der Waals surface area contributed by atoms with Crippen molar-refractivity contribution in [1.82, 2.24) is 0 Å². The molecule has 6 heteroatoms. The first-order valence-electron chi connectivity index (χ1n) is 7.45. The van der Waals surface area contributed by atoms with Crippen LogP contribution < -0.4 is 15.0 Å². The van der Waals surface area contributed by atoms with Gasteiger partial charge in [-0.15, -0.1) is 0 Å². The first kappa shape index (κ1) is 18.6. The van der Waals surface area contributed by atoms with Gasteiger partial charge in [0.25, 0.3) is 5.91 Å². The summed E-state index contributed by atoms with van der Waals surface area (Å²) < 4.78 is 6.39. The molecule has 1 N–H and O–H groups in total. The molecule has 2 aromatic rings. The van der Waals surface area contributed by atoms with Gasteiger partial charge in [-0.3, -0.25) is 4.79 Å². The summed E-state index contributed by atoms with van der Waals surface area (Å²) in [5, 5.41) is 3.51. The van der Waals surface area contributed by atoms with E-state index >= 15 is 0 Å². The van der Waals surface area contributed by atoms with Gasteiger partial charge in [0, 0.05) is 30.5 Å². The maximum atomic E-state index is 12.1. The number of hydrogen-bond acceptors (Lipinski definition) is 3. The maximum absolute atomic E-state index is 12.1. The summed E-state index contributed by atoms with van der Waals surface area (Å²) in [4.78, 5) is 14.1. The number of nitrogens with zero attached hydrogens (tertiary/aromatic N) is 1. The van der Waals surface area contributed by atoms with Crippen molar-refractivity contribution < 1.29 is 9.53 Å². The molecule has 0 radical (unpaired) electrons. The molecule has 0 aliphatic heterocycles. The molecule has 0 saturated heterocycles. The fourth-order valence-electron chi connectivity index (χ4n) is 2.19. The van der Waals surface area contributed by atoms with E-state index < -0.39 is 0 Å². The average Bonchev–Trinajstić information content (AvgIpc) is 2.55. The SMILES string of the molecule is Cc1cc(OCC(=O)Nc2ccc(N(C)C)cc2)c(Br)c(C)c1Cl. The molecular weight excluding hydrogens is 392 g/mol. The molecule has 0 heterocycles. The second kappa shape index (κ2) is 7.90. The number of aryl methyl sites for hydroxylation is 1. The molecule has 1 amide bonds. The first-order chi connectivity index (χ1) is 11.3. The minimum absolute atomic E-state index is 0.0749. The Kier molecular flexibility index (Phi) is 6.13. The van der Waals surface area contributed by atoms with E-state index in [2.05, 4.69) is 21.2 Å². The molecule has 0 aliphatic rings. The van der Waals surface area contributed by atoms with Crippen LogP contribution in [0.1, 0.15) is 11.1 Å². The van der Waals surface area contributed by atoms with Crippen LogP contribution in [0.2, 0.25) is 5.02 Å². The van der Waals surface area contributed by atoms with Crippen LogP contribution in [0.3, 0.4) is 0 Å². The summed E-state index contributed by atoms with van der Waals surface area (Å²) in [6, 6.07) is 9.43. The Morgan fingerprint density at radius 3 is 2.46 bits per heavy atom. The van der Waals surface area contributed by atoms with Crippen LogP contribution in [0.15, 0.2) is 34.8 Å². The summed E-state index contributed by atoms with van der Waals surface area (Å²) in [7, 11) is 3.94. The van der Waals surface area contributed by atoms with Crippen molar-refractivity contribution in [2.24, 2.45) is 0 Å². The lowest BCUT2D eigenvalue weighted by molar-refractivity contribution is -0.118. The van der Waals surface area contributed by atoms with E-state index in [1.807, 2.05) is 63.2 Å². The summed E-state index contributed by atoms with van der Waals surface area (Å²) in [5.41, 5.74) is 3.61. The molecule has 0 fully saturated rings. The fourth-order valence-corrected chi connectivity index (χ4v) is 2.88. The topological polar surface area (TPSA) is 41.6 Å². The van der Waals surface area contributed by atoms with Crippen molar-refractivity contribution >= 4 is 44.8 Å². The van der Waals surface area contributed by atoms with Gasteiger partial charge >= 0.3 is 0 Å². The van der Waals surface area contributed by atoms with Crippen LogP contribution in [0.5, 0.6) is 5.75 Å². The highest BCUT2D eigenvalue weighted by atomic mass is 79.9. The Bertz CT molecular complexity index is 746. The smallest absolute Gasteiger partial charge is 0.262 e. The lowest BCUT2D eigenvalue weighted by Crippen LogP contribution is -2.20. The van der Waals surface area contributed by atoms with Crippen LogP contribution in [-0.2, 0) is 4.79 Å². The summed E-state index contributed by atoms with van der Waals surface area (Å²) in [5.74, 6) is 0.386. The number of hydrogen-bond donors (Lipinski definition) is 1. The minimum Gasteiger partial charge on any atom is -0.483 e. The highest BCUT2D eigenvalue weighted by molar-refractivity contribution is 9.10. The third-order valence-corrected chi connectivity index (χ3v) is 5.16. The summed E-state index contributed by atoms with van der Waals surface area (Å²) >= 11 is 9.65. The highest BCUT2D eigenvalue weighted by Crippen LogP contribution is 2.35. The van der Waals surface area contributed by atoms with Crippen molar-refractivity contribution in [1.29, 1.82) is 0 Å². The predicted molar refractivity (Wildman–Crippen MR) is 104 cm³/mol. The Morgan fingerprint density at radius 2 is 1.88 bits per heavy atom. The summed E-state index contributed by atoms with van der Waals surface area (Å²) in [6.45, 7) is 3.73. The zero-order chi connectivity index (χ0) is 17.9. The zero-order valence-electron chi connectivity index (χ0n) is 14.1. The Morgan fingerprint density at radius 1 is 1.25 bits per heavy atom. The first-order valence-corrected chi connectivity index (χ1v) is 8.62. The van der Waals surface area contributed by atoms with Gasteiger partial charge in [-0.25, -0.2) is 0 Å². The van der Waals surface area contributed by atoms with Crippen LogP contribution in [-0.4, -0.2) is 26.6 Å². The molecule has 2 rings (SSSR count). The quantitative estimate of drug-likeness (QED) is 0.768. The van der Waals surface area contributed by atoms with Crippen molar-refractivity contribution in [2.45, 2.75) is 13.8 Å². The third kappa shape index (κ3) is 4.42.